The molecule has 4 heteroatoms. The van der Waals surface area contributed by atoms with Crippen LogP contribution in [0.15, 0.2) is 54.5 Å². The molecule has 0 radical (unpaired) electrons. The van der Waals surface area contributed by atoms with Crippen molar-refractivity contribution in [1.29, 1.82) is 0 Å². The summed E-state index contributed by atoms with van der Waals surface area (Å²) < 4.78 is 9.88. The van der Waals surface area contributed by atoms with E-state index in [1.807, 2.05) is 12.1 Å². The van der Waals surface area contributed by atoms with Crippen LogP contribution in [-0.4, -0.2) is 24.4 Å². The second-order valence-electron chi connectivity index (χ2n) is 6.14. The number of phenolic OH excluding ortho intramolecular Hbond substituents is 1. The van der Waals surface area contributed by atoms with Gasteiger partial charge in [0.1, 0.15) is 12.0 Å². The van der Waals surface area contributed by atoms with Crippen LogP contribution in [0.5, 0.6) is 11.5 Å². The van der Waals surface area contributed by atoms with Crippen molar-refractivity contribution in [1.82, 2.24) is 0 Å². The molecule has 1 aromatic carbocycles. The van der Waals surface area contributed by atoms with Crippen LogP contribution >= 0.6 is 0 Å². The molecule has 0 amide bonds. The second kappa shape index (κ2) is 9.71. The minimum Gasteiger partial charge on any atom is -0.505 e. The summed E-state index contributed by atoms with van der Waals surface area (Å²) in [7, 11) is 3.04. The van der Waals surface area contributed by atoms with Crippen molar-refractivity contribution < 1.29 is 19.7 Å². The van der Waals surface area contributed by atoms with E-state index >= 15 is 0 Å². The van der Waals surface area contributed by atoms with Crippen molar-refractivity contribution in [3.05, 3.63) is 60.1 Å². The molecule has 0 saturated carbocycles. The minimum atomic E-state index is 0.0653. The number of phenols is 1. The fourth-order valence-electron chi connectivity index (χ4n) is 2.47. The third kappa shape index (κ3) is 6.41. The number of rotatable bonds is 9. The van der Waals surface area contributed by atoms with Crippen LogP contribution in [0.2, 0.25) is 0 Å². The summed E-state index contributed by atoms with van der Waals surface area (Å²) >= 11 is 0. The number of aliphatic hydroxyl groups is 1. The largest absolute Gasteiger partial charge is 0.505 e. The van der Waals surface area contributed by atoms with Crippen molar-refractivity contribution in [2.45, 2.75) is 26.7 Å². The fourth-order valence-corrected chi connectivity index (χ4v) is 2.47. The molecule has 0 aliphatic rings. The molecule has 1 rings (SSSR count). The predicted molar refractivity (Wildman–Crippen MR) is 97.3 cm³/mol. The van der Waals surface area contributed by atoms with Crippen LogP contribution in [-0.2, 0) is 11.2 Å². The Bertz CT molecular complexity index is 602. The third-order valence-electron chi connectivity index (χ3n) is 4.09. The Hall–Kier alpha value is -2.36. The van der Waals surface area contributed by atoms with Gasteiger partial charge in [-0.15, -0.1) is 0 Å². The average molecular weight is 332 g/mol. The molecule has 0 saturated heterocycles. The zero-order valence-electron chi connectivity index (χ0n) is 15.0. The van der Waals surface area contributed by atoms with E-state index in [1.165, 1.54) is 13.4 Å². The lowest BCUT2D eigenvalue weighted by Gasteiger charge is -2.20. The lowest BCUT2D eigenvalue weighted by atomic mass is 9.85. The number of aliphatic hydroxyl groups excluding tert-OH is 1. The maximum absolute atomic E-state index is 9.66. The van der Waals surface area contributed by atoms with Gasteiger partial charge in [0.15, 0.2) is 11.5 Å². The van der Waals surface area contributed by atoms with E-state index in [9.17, 15) is 10.2 Å². The van der Waals surface area contributed by atoms with Gasteiger partial charge in [0.05, 0.1) is 14.2 Å². The smallest absolute Gasteiger partial charge is 0.160 e. The highest BCUT2D eigenvalue weighted by molar-refractivity contribution is 5.41. The highest BCUT2D eigenvalue weighted by Crippen LogP contribution is 2.29. The van der Waals surface area contributed by atoms with Gasteiger partial charge in [0.2, 0.25) is 0 Å². The van der Waals surface area contributed by atoms with Crippen molar-refractivity contribution >= 4 is 0 Å². The predicted octanol–water partition coefficient (Wildman–Crippen LogP) is 4.76. The van der Waals surface area contributed by atoms with Gasteiger partial charge in [0.25, 0.3) is 0 Å². The van der Waals surface area contributed by atoms with E-state index in [4.69, 9.17) is 9.47 Å². The molecule has 1 aromatic rings. The molecule has 0 bridgehead atoms. The summed E-state index contributed by atoms with van der Waals surface area (Å²) in [6.07, 6.45) is 6.39. The quantitative estimate of drug-likeness (QED) is 0.505. The maximum atomic E-state index is 9.66. The summed E-state index contributed by atoms with van der Waals surface area (Å²) in [6.45, 7) is 8.42. The highest BCUT2D eigenvalue weighted by atomic mass is 16.5. The first-order chi connectivity index (χ1) is 11.4. The van der Waals surface area contributed by atoms with Gasteiger partial charge in [-0.1, -0.05) is 38.1 Å². The summed E-state index contributed by atoms with van der Waals surface area (Å²) in [6, 6.07) is 5.46. The van der Waals surface area contributed by atoms with E-state index in [1.54, 1.807) is 25.3 Å². The van der Waals surface area contributed by atoms with Crippen LogP contribution in [0, 0.1) is 11.8 Å². The number of ether oxygens (including phenoxy) is 2. The van der Waals surface area contributed by atoms with Crippen LogP contribution in [0.25, 0.3) is 0 Å². The lowest BCUT2D eigenvalue weighted by Crippen LogP contribution is -2.11. The Balaban J connectivity index is 2.60. The Kier molecular flexibility index (Phi) is 7.96. The molecular weight excluding hydrogens is 304 g/mol. The summed E-state index contributed by atoms with van der Waals surface area (Å²) in [5.41, 5.74) is 2.08. The van der Waals surface area contributed by atoms with Crippen LogP contribution in [0.4, 0.5) is 0 Å². The molecule has 4 nitrogen and oxygen atoms in total. The van der Waals surface area contributed by atoms with E-state index in [2.05, 4.69) is 20.4 Å². The van der Waals surface area contributed by atoms with Crippen LogP contribution < -0.4 is 4.74 Å². The zero-order valence-corrected chi connectivity index (χ0v) is 15.0. The SMILES string of the molecule is C=C(/C=C\C(O)=C\OC)CC(C)C(C)Cc1ccc(O)c(OC)c1. The monoisotopic (exact) mass is 332 g/mol. The van der Waals surface area contributed by atoms with Crippen LogP contribution in [0.3, 0.4) is 0 Å². The van der Waals surface area contributed by atoms with Gasteiger partial charge in [-0.3, -0.25) is 0 Å². The van der Waals surface area contributed by atoms with Gasteiger partial charge in [-0.2, -0.15) is 0 Å². The number of hydrogen-bond acceptors (Lipinski definition) is 4. The van der Waals surface area contributed by atoms with E-state index in [-0.39, 0.29) is 11.5 Å². The molecule has 0 aliphatic carbocycles. The molecular formula is C20H28O4. The van der Waals surface area contributed by atoms with Gasteiger partial charge in [0, 0.05) is 0 Å². The number of methoxy groups -OCH3 is 2. The standard InChI is InChI=1S/C20H28O4/c1-14(6-8-18(21)13-23-4)10-15(2)16(3)11-17-7-9-19(22)20(12-17)24-5/h6-9,12-13,15-16,21-22H,1,10-11H2,2-5H3/b8-6-,18-13-. The highest BCUT2D eigenvalue weighted by Gasteiger charge is 2.14. The lowest BCUT2D eigenvalue weighted by molar-refractivity contribution is 0.304. The first-order valence-corrected chi connectivity index (χ1v) is 8.01. The maximum Gasteiger partial charge on any atom is 0.160 e. The molecule has 24 heavy (non-hydrogen) atoms. The number of benzene rings is 1. The van der Waals surface area contributed by atoms with Crippen molar-refractivity contribution in [3.8, 4) is 11.5 Å². The summed E-state index contributed by atoms with van der Waals surface area (Å²) in [4.78, 5) is 0. The molecule has 0 aliphatic heterocycles. The van der Waals surface area contributed by atoms with Gasteiger partial charge < -0.3 is 19.7 Å². The molecule has 0 aromatic heterocycles. The molecule has 2 atom stereocenters. The number of aromatic hydroxyl groups is 1. The van der Waals surface area contributed by atoms with Gasteiger partial charge in [-0.25, -0.2) is 0 Å². The van der Waals surface area contributed by atoms with Crippen molar-refractivity contribution in [2.75, 3.05) is 14.2 Å². The van der Waals surface area contributed by atoms with Crippen molar-refractivity contribution in [3.63, 3.8) is 0 Å². The van der Waals surface area contributed by atoms with Gasteiger partial charge >= 0.3 is 0 Å². The molecule has 0 fully saturated rings. The Morgan fingerprint density at radius 1 is 1.21 bits per heavy atom. The number of hydrogen-bond donors (Lipinski definition) is 2. The molecule has 2 N–H and O–H groups in total. The Morgan fingerprint density at radius 2 is 1.92 bits per heavy atom. The molecule has 2 unspecified atom stereocenters. The molecule has 132 valence electrons. The van der Waals surface area contributed by atoms with Crippen LogP contribution in [0.1, 0.15) is 25.8 Å². The Labute approximate surface area is 144 Å². The minimum absolute atomic E-state index is 0.0653. The van der Waals surface area contributed by atoms with Crippen molar-refractivity contribution in [2.24, 2.45) is 11.8 Å². The van der Waals surface area contributed by atoms with E-state index in [0.29, 0.717) is 17.6 Å². The summed E-state index contributed by atoms with van der Waals surface area (Å²) in [5.74, 6) is 1.59. The van der Waals surface area contributed by atoms with E-state index < -0.39 is 0 Å². The zero-order chi connectivity index (χ0) is 18.1. The van der Waals surface area contributed by atoms with Gasteiger partial charge in [-0.05, 0) is 48.4 Å². The number of allylic oxidation sites excluding steroid dienone is 3. The average Bonchev–Trinajstić information content (AvgIpc) is 2.54. The topological polar surface area (TPSA) is 58.9 Å². The third-order valence-corrected chi connectivity index (χ3v) is 4.09. The summed E-state index contributed by atoms with van der Waals surface area (Å²) in [5, 5.41) is 19.1. The molecule has 0 heterocycles. The fraction of sp³-hybridized carbons (Fsp3) is 0.400. The first-order valence-electron chi connectivity index (χ1n) is 8.01. The Morgan fingerprint density at radius 3 is 2.54 bits per heavy atom. The second-order valence-corrected chi connectivity index (χ2v) is 6.14. The molecule has 0 spiro atoms. The normalized spacial score (nSPS) is 14.4. The van der Waals surface area contributed by atoms with E-state index in [0.717, 1.165) is 24.0 Å². The first kappa shape index (κ1) is 19.7.